The maximum absolute atomic E-state index is 12.3. The van der Waals surface area contributed by atoms with Crippen molar-refractivity contribution in [3.05, 3.63) is 0 Å². The highest BCUT2D eigenvalue weighted by atomic mass is 35.5. The van der Waals surface area contributed by atoms with Crippen LogP contribution in [0.1, 0.15) is 12.8 Å². The first-order chi connectivity index (χ1) is 7.83. The molecule has 0 aliphatic carbocycles. The van der Waals surface area contributed by atoms with E-state index in [-0.39, 0.29) is 17.9 Å². The van der Waals surface area contributed by atoms with Crippen LogP contribution in [0, 0.1) is 5.92 Å². The minimum atomic E-state index is 0.0255. The van der Waals surface area contributed by atoms with E-state index in [2.05, 4.69) is 0 Å². The summed E-state index contributed by atoms with van der Waals surface area (Å²) in [5.74, 6) is 0.658. The monoisotopic (exact) mass is 247 g/mol. The molecular weight excluding hydrogens is 230 g/mol. The molecule has 0 aromatic rings. The molecular formula is C11H18ClNO3. The fraction of sp³-hybridized carbons (Fsp3) is 0.909. The van der Waals surface area contributed by atoms with Crippen LogP contribution < -0.4 is 0 Å². The highest BCUT2D eigenvalue weighted by Gasteiger charge is 2.32. The number of carbonyl (C=O) groups is 1. The number of ether oxygens (including phenoxy) is 2. The summed E-state index contributed by atoms with van der Waals surface area (Å²) in [6.45, 7) is 3.18. The van der Waals surface area contributed by atoms with Crippen LogP contribution in [0.3, 0.4) is 0 Å². The Morgan fingerprint density at radius 1 is 1.31 bits per heavy atom. The van der Waals surface area contributed by atoms with Crippen LogP contribution in [-0.2, 0) is 14.3 Å². The second-order valence-electron chi connectivity index (χ2n) is 4.33. The summed E-state index contributed by atoms with van der Waals surface area (Å²) >= 11 is 5.85. The van der Waals surface area contributed by atoms with E-state index < -0.39 is 0 Å². The lowest BCUT2D eigenvalue weighted by atomic mass is 9.99. The highest BCUT2D eigenvalue weighted by molar-refractivity contribution is 6.18. The number of alkyl halides is 1. The normalized spacial score (nSPS) is 31.4. The molecule has 0 spiro atoms. The molecule has 2 aliphatic heterocycles. The third-order valence-electron chi connectivity index (χ3n) is 3.20. The zero-order valence-electron chi connectivity index (χ0n) is 9.36. The van der Waals surface area contributed by atoms with Crippen LogP contribution in [0.2, 0.25) is 0 Å². The summed E-state index contributed by atoms with van der Waals surface area (Å²) in [6, 6.07) is 0.0323. The largest absolute Gasteiger partial charge is 0.381 e. The van der Waals surface area contributed by atoms with Crippen molar-refractivity contribution in [1.29, 1.82) is 0 Å². The van der Waals surface area contributed by atoms with Crippen molar-refractivity contribution >= 4 is 17.5 Å². The molecule has 2 fully saturated rings. The summed E-state index contributed by atoms with van der Waals surface area (Å²) in [7, 11) is 0. The summed E-state index contributed by atoms with van der Waals surface area (Å²) in [5.41, 5.74) is 0. The Labute approximate surface area is 101 Å². The fourth-order valence-electron chi connectivity index (χ4n) is 2.24. The molecule has 5 heteroatoms. The molecule has 2 unspecified atom stereocenters. The number of hydrogen-bond acceptors (Lipinski definition) is 3. The van der Waals surface area contributed by atoms with Crippen molar-refractivity contribution in [2.45, 2.75) is 18.9 Å². The van der Waals surface area contributed by atoms with E-state index in [1.807, 2.05) is 4.90 Å². The van der Waals surface area contributed by atoms with Gasteiger partial charge in [-0.1, -0.05) is 0 Å². The molecule has 4 nitrogen and oxygen atoms in total. The Morgan fingerprint density at radius 3 is 2.81 bits per heavy atom. The predicted octanol–water partition coefficient (Wildman–Crippen LogP) is 0.879. The van der Waals surface area contributed by atoms with Crippen LogP contribution >= 0.6 is 11.6 Å². The lowest BCUT2D eigenvalue weighted by Gasteiger charge is -2.37. The molecule has 1 amide bonds. The molecule has 0 aromatic carbocycles. The van der Waals surface area contributed by atoms with E-state index in [9.17, 15) is 4.79 Å². The molecule has 2 rings (SSSR count). The van der Waals surface area contributed by atoms with Crippen molar-refractivity contribution in [3.8, 4) is 0 Å². The molecule has 2 saturated heterocycles. The van der Waals surface area contributed by atoms with Crippen LogP contribution in [0.4, 0.5) is 0 Å². The minimum absolute atomic E-state index is 0.0255. The van der Waals surface area contributed by atoms with Gasteiger partial charge in [-0.3, -0.25) is 4.79 Å². The van der Waals surface area contributed by atoms with Gasteiger partial charge in [0.15, 0.2) is 0 Å². The van der Waals surface area contributed by atoms with Gasteiger partial charge in [-0.25, -0.2) is 0 Å². The van der Waals surface area contributed by atoms with Gasteiger partial charge in [-0.2, -0.15) is 0 Å². The maximum Gasteiger partial charge on any atom is 0.228 e. The quantitative estimate of drug-likeness (QED) is 0.680. The Kier molecular flexibility index (Phi) is 4.44. The van der Waals surface area contributed by atoms with Gasteiger partial charge in [-0.15, -0.1) is 11.6 Å². The van der Waals surface area contributed by atoms with Crippen molar-refractivity contribution in [2.24, 2.45) is 5.92 Å². The maximum atomic E-state index is 12.3. The van der Waals surface area contributed by atoms with Gasteiger partial charge < -0.3 is 14.4 Å². The molecule has 0 N–H and O–H groups in total. The van der Waals surface area contributed by atoms with Crippen LogP contribution in [-0.4, -0.2) is 55.7 Å². The number of halogens is 1. The van der Waals surface area contributed by atoms with Crippen LogP contribution in [0.15, 0.2) is 0 Å². The number of morpholine rings is 1. The standard InChI is InChI=1S/C11H18ClNO3/c12-6-10-8-16-5-3-13(10)11(14)9-2-1-4-15-7-9/h9-10H,1-8H2. The average molecular weight is 248 g/mol. The van der Waals surface area contributed by atoms with Crippen LogP contribution in [0.5, 0.6) is 0 Å². The van der Waals surface area contributed by atoms with Gasteiger partial charge >= 0.3 is 0 Å². The molecule has 0 saturated carbocycles. The van der Waals surface area contributed by atoms with Gasteiger partial charge in [0.2, 0.25) is 5.91 Å². The van der Waals surface area contributed by atoms with Gasteiger partial charge in [-0.05, 0) is 12.8 Å². The molecule has 0 aromatic heterocycles. The van der Waals surface area contributed by atoms with E-state index in [0.29, 0.717) is 32.2 Å². The lowest BCUT2D eigenvalue weighted by molar-refractivity contribution is -0.147. The zero-order chi connectivity index (χ0) is 11.4. The van der Waals surface area contributed by atoms with Crippen molar-refractivity contribution in [1.82, 2.24) is 4.90 Å². The Bertz CT molecular complexity index is 243. The van der Waals surface area contributed by atoms with Crippen molar-refractivity contribution < 1.29 is 14.3 Å². The number of carbonyl (C=O) groups excluding carboxylic acids is 1. The number of amides is 1. The smallest absolute Gasteiger partial charge is 0.228 e. The van der Waals surface area contributed by atoms with Gasteiger partial charge in [0, 0.05) is 19.0 Å². The number of hydrogen-bond donors (Lipinski definition) is 0. The summed E-state index contributed by atoms with van der Waals surface area (Å²) < 4.78 is 10.7. The van der Waals surface area contributed by atoms with E-state index in [1.165, 1.54) is 0 Å². The highest BCUT2D eigenvalue weighted by Crippen LogP contribution is 2.19. The van der Waals surface area contributed by atoms with Gasteiger partial charge in [0.05, 0.1) is 31.8 Å². The number of rotatable bonds is 2. The van der Waals surface area contributed by atoms with E-state index in [0.717, 1.165) is 19.4 Å². The number of nitrogens with zero attached hydrogens (tertiary/aromatic N) is 1. The second-order valence-corrected chi connectivity index (χ2v) is 4.64. The Morgan fingerprint density at radius 2 is 2.12 bits per heavy atom. The van der Waals surface area contributed by atoms with Gasteiger partial charge in [0.25, 0.3) is 0 Å². The minimum Gasteiger partial charge on any atom is -0.381 e. The molecule has 0 radical (unpaired) electrons. The van der Waals surface area contributed by atoms with E-state index in [4.69, 9.17) is 21.1 Å². The van der Waals surface area contributed by atoms with Crippen LogP contribution in [0.25, 0.3) is 0 Å². The lowest BCUT2D eigenvalue weighted by Crippen LogP contribution is -2.52. The fourth-order valence-corrected chi connectivity index (χ4v) is 2.50. The summed E-state index contributed by atoms with van der Waals surface area (Å²) in [5, 5.41) is 0. The SMILES string of the molecule is O=C(C1CCCOC1)N1CCOCC1CCl. The molecule has 2 heterocycles. The zero-order valence-corrected chi connectivity index (χ0v) is 10.1. The summed E-state index contributed by atoms with van der Waals surface area (Å²) in [6.07, 6.45) is 1.91. The molecule has 0 bridgehead atoms. The molecule has 2 atom stereocenters. The molecule has 16 heavy (non-hydrogen) atoms. The third kappa shape index (κ3) is 2.67. The molecule has 92 valence electrons. The Balaban J connectivity index is 1.95. The van der Waals surface area contributed by atoms with Crippen molar-refractivity contribution in [2.75, 3.05) is 38.9 Å². The van der Waals surface area contributed by atoms with E-state index >= 15 is 0 Å². The van der Waals surface area contributed by atoms with Crippen molar-refractivity contribution in [3.63, 3.8) is 0 Å². The Hall–Kier alpha value is -0.320. The first kappa shape index (κ1) is 12.1. The molecule has 2 aliphatic rings. The topological polar surface area (TPSA) is 38.8 Å². The first-order valence-corrected chi connectivity index (χ1v) is 6.38. The third-order valence-corrected chi connectivity index (χ3v) is 3.55. The van der Waals surface area contributed by atoms with E-state index in [1.54, 1.807) is 0 Å². The summed E-state index contributed by atoms with van der Waals surface area (Å²) in [4.78, 5) is 14.1. The predicted molar refractivity (Wildman–Crippen MR) is 60.6 cm³/mol. The second kappa shape index (κ2) is 5.84. The first-order valence-electron chi connectivity index (χ1n) is 5.85. The average Bonchev–Trinajstić information content (AvgIpc) is 2.39. The van der Waals surface area contributed by atoms with Gasteiger partial charge in [0.1, 0.15) is 0 Å².